The van der Waals surface area contributed by atoms with Gasteiger partial charge in [-0.3, -0.25) is 20.2 Å². The smallest absolute Gasteiger partial charge is 0.269 e. The van der Waals surface area contributed by atoms with Crippen molar-refractivity contribution in [3.8, 4) is 0 Å². The van der Waals surface area contributed by atoms with Crippen LogP contribution < -0.4 is 0 Å². The summed E-state index contributed by atoms with van der Waals surface area (Å²) in [4.78, 5) is 21.0. The fourth-order valence-corrected chi connectivity index (χ4v) is 3.68. The maximum atomic E-state index is 11.1. The Hall–Kier alpha value is -3.00. The van der Waals surface area contributed by atoms with Crippen molar-refractivity contribution in [2.45, 2.75) is 37.0 Å². The summed E-state index contributed by atoms with van der Waals surface area (Å²) in [7, 11) is 0. The Morgan fingerprint density at radius 1 is 0.938 bits per heavy atom. The van der Waals surface area contributed by atoms with Crippen LogP contribution in [0.5, 0.6) is 0 Å². The summed E-state index contributed by atoms with van der Waals surface area (Å²) < 4.78 is 23.2. The lowest BCUT2D eigenvalue weighted by atomic mass is 10.0. The minimum Gasteiger partial charge on any atom is -0.394 e. The van der Waals surface area contributed by atoms with Crippen LogP contribution in [0.4, 0.5) is 11.4 Å². The van der Waals surface area contributed by atoms with Crippen molar-refractivity contribution in [3.05, 3.63) is 79.9 Å². The third-order valence-corrected chi connectivity index (χ3v) is 5.23. The molecule has 0 saturated carbocycles. The highest BCUT2D eigenvalue weighted by Crippen LogP contribution is 2.39. The summed E-state index contributed by atoms with van der Waals surface area (Å²) in [6.45, 7) is -0.564. The van der Waals surface area contributed by atoms with Crippen LogP contribution >= 0.6 is 0 Å². The molecule has 6 atom stereocenters. The van der Waals surface area contributed by atoms with Gasteiger partial charge in [0.15, 0.2) is 12.6 Å². The van der Waals surface area contributed by atoms with Crippen molar-refractivity contribution < 1.29 is 39.0 Å². The Kier molecular flexibility index (Phi) is 6.41. The van der Waals surface area contributed by atoms with E-state index in [4.69, 9.17) is 18.9 Å². The van der Waals surface area contributed by atoms with Crippen LogP contribution in [0.2, 0.25) is 0 Å². The molecule has 2 aromatic carbocycles. The number of nitro groups is 2. The van der Waals surface area contributed by atoms with Gasteiger partial charge in [-0.2, -0.15) is 0 Å². The van der Waals surface area contributed by atoms with E-state index >= 15 is 0 Å². The van der Waals surface area contributed by atoms with Gasteiger partial charge in [0.2, 0.25) is 0 Å². The minimum atomic E-state index is -1.30. The quantitative estimate of drug-likeness (QED) is 0.471. The van der Waals surface area contributed by atoms with Crippen molar-refractivity contribution >= 4 is 11.4 Å². The van der Waals surface area contributed by atoms with E-state index in [0.29, 0.717) is 11.1 Å². The average Bonchev–Trinajstić information content (AvgIpc) is 3.46. The van der Waals surface area contributed by atoms with Gasteiger partial charge in [-0.1, -0.05) is 24.3 Å². The van der Waals surface area contributed by atoms with Crippen molar-refractivity contribution in [1.82, 2.24) is 0 Å². The molecule has 2 unspecified atom stereocenters. The second-order valence-corrected chi connectivity index (χ2v) is 7.33. The highest BCUT2D eigenvalue weighted by atomic mass is 16.8. The number of rotatable bonds is 7. The van der Waals surface area contributed by atoms with Gasteiger partial charge in [-0.05, 0) is 0 Å². The molecule has 0 aliphatic carbocycles. The first-order valence-corrected chi connectivity index (χ1v) is 9.73. The second-order valence-electron chi connectivity index (χ2n) is 7.33. The lowest BCUT2D eigenvalue weighted by Gasteiger charge is -2.24. The maximum Gasteiger partial charge on any atom is 0.269 e. The molecule has 2 aromatic rings. The predicted octanol–water partition coefficient (Wildman–Crippen LogP) is 1.75. The highest BCUT2D eigenvalue weighted by Gasteiger charge is 2.48. The molecule has 4 rings (SSSR count). The zero-order valence-electron chi connectivity index (χ0n) is 16.6. The molecule has 2 saturated heterocycles. The highest BCUT2D eigenvalue weighted by molar-refractivity contribution is 5.36. The van der Waals surface area contributed by atoms with E-state index < -0.39 is 53.4 Å². The standard InChI is InChI=1S/C20H20N2O10/c23-9-15(24)17-18(32-20(31-17)12-4-2-6-14(8-12)22(27)28)16-10-29-19(30-16)11-3-1-5-13(7-11)21(25)26/h1-8,15-20,23-24H,9-10H2/t15-,16+,17-,18-,19?,20?/m0/s1. The number of non-ortho nitro benzene ring substituents is 2. The molecule has 2 N–H and O–H groups in total. The van der Waals surface area contributed by atoms with Crippen LogP contribution in [0.3, 0.4) is 0 Å². The first-order valence-electron chi connectivity index (χ1n) is 9.73. The normalized spacial score (nSPS) is 28.5. The van der Waals surface area contributed by atoms with Gasteiger partial charge < -0.3 is 29.2 Å². The van der Waals surface area contributed by atoms with Crippen LogP contribution in [0.25, 0.3) is 0 Å². The number of ether oxygens (including phenoxy) is 4. The fourth-order valence-electron chi connectivity index (χ4n) is 3.68. The van der Waals surface area contributed by atoms with E-state index in [2.05, 4.69) is 0 Å². The molecule has 2 fully saturated rings. The number of aliphatic hydroxyl groups excluding tert-OH is 2. The van der Waals surface area contributed by atoms with Gasteiger partial charge in [0.1, 0.15) is 24.4 Å². The molecule has 2 aliphatic rings. The molecule has 0 aromatic heterocycles. The van der Waals surface area contributed by atoms with Gasteiger partial charge in [0.25, 0.3) is 11.4 Å². The van der Waals surface area contributed by atoms with Gasteiger partial charge in [0, 0.05) is 35.4 Å². The predicted molar refractivity (Wildman–Crippen MR) is 105 cm³/mol. The summed E-state index contributed by atoms with van der Waals surface area (Å²) in [5.74, 6) is 0. The van der Waals surface area contributed by atoms with E-state index in [0.717, 1.165) is 0 Å². The summed E-state index contributed by atoms with van der Waals surface area (Å²) in [6, 6.07) is 11.5. The van der Waals surface area contributed by atoms with Crippen molar-refractivity contribution in [2.24, 2.45) is 0 Å². The molecular weight excluding hydrogens is 428 g/mol. The molecule has 2 aliphatic heterocycles. The summed E-state index contributed by atoms with van der Waals surface area (Å²) in [6.07, 6.45) is -5.83. The largest absolute Gasteiger partial charge is 0.394 e. The Balaban J connectivity index is 1.52. The van der Waals surface area contributed by atoms with Gasteiger partial charge in [0.05, 0.1) is 23.1 Å². The fraction of sp³-hybridized carbons (Fsp3) is 0.400. The van der Waals surface area contributed by atoms with E-state index in [-0.39, 0.29) is 18.0 Å². The van der Waals surface area contributed by atoms with Crippen LogP contribution in [-0.2, 0) is 18.9 Å². The van der Waals surface area contributed by atoms with E-state index in [9.17, 15) is 30.4 Å². The first kappa shape index (κ1) is 22.2. The molecule has 0 amide bonds. The number of benzene rings is 2. The van der Waals surface area contributed by atoms with Crippen LogP contribution in [0, 0.1) is 20.2 Å². The number of hydrogen-bond donors (Lipinski definition) is 2. The third kappa shape index (κ3) is 4.46. The second kappa shape index (κ2) is 9.24. The van der Waals surface area contributed by atoms with Gasteiger partial charge in [-0.15, -0.1) is 0 Å². The minimum absolute atomic E-state index is 0.0394. The summed E-state index contributed by atoms with van der Waals surface area (Å²) in [5.41, 5.74) is 0.544. The lowest BCUT2D eigenvalue weighted by Crippen LogP contribution is -2.44. The Morgan fingerprint density at radius 2 is 1.53 bits per heavy atom. The Labute approximate surface area is 181 Å². The molecule has 2 heterocycles. The van der Waals surface area contributed by atoms with Crippen molar-refractivity contribution in [2.75, 3.05) is 13.2 Å². The zero-order chi connectivity index (χ0) is 22.8. The third-order valence-electron chi connectivity index (χ3n) is 5.23. The van der Waals surface area contributed by atoms with Crippen LogP contribution in [-0.4, -0.2) is 57.7 Å². The lowest BCUT2D eigenvalue weighted by molar-refractivity contribution is -0.385. The van der Waals surface area contributed by atoms with Gasteiger partial charge >= 0.3 is 0 Å². The SMILES string of the molecule is O=[N+]([O-])c1cccc(C2O[C@@H]([C@@H](O)CO)[C@H]([C@H]3COC(c4cccc([N+](=O)[O-])c4)O3)O2)c1. The molecule has 0 radical (unpaired) electrons. The zero-order valence-corrected chi connectivity index (χ0v) is 16.6. The van der Waals surface area contributed by atoms with Crippen molar-refractivity contribution in [1.29, 1.82) is 0 Å². The Morgan fingerprint density at radius 3 is 2.09 bits per heavy atom. The molecule has 32 heavy (non-hydrogen) atoms. The molecule has 12 heteroatoms. The monoisotopic (exact) mass is 448 g/mol. The number of aliphatic hydroxyl groups is 2. The van der Waals surface area contributed by atoms with Crippen LogP contribution in [0.15, 0.2) is 48.5 Å². The van der Waals surface area contributed by atoms with Gasteiger partial charge in [-0.25, -0.2) is 0 Å². The molecular formula is C20H20N2O10. The molecule has 12 nitrogen and oxygen atoms in total. The molecule has 0 spiro atoms. The first-order chi connectivity index (χ1) is 15.4. The van der Waals surface area contributed by atoms with E-state index in [1.54, 1.807) is 12.1 Å². The topological polar surface area (TPSA) is 164 Å². The number of hydrogen-bond acceptors (Lipinski definition) is 10. The van der Waals surface area contributed by atoms with E-state index in [1.165, 1.54) is 36.4 Å². The summed E-state index contributed by atoms with van der Waals surface area (Å²) >= 11 is 0. The Bertz CT molecular complexity index is 1000. The number of nitrogens with zero attached hydrogens (tertiary/aromatic N) is 2. The van der Waals surface area contributed by atoms with Crippen molar-refractivity contribution in [3.63, 3.8) is 0 Å². The van der Waals surface area contributed by atoms with E-state index in [1.807, 2.05) is 0 Å². The summed E-state index contributed by atoms with van der Waals surface area (Å²) in [5, 5.41) is 41.8. The van der Waals surface area contributed by atoms with Crippen LogP contribution in [0.1, 0.15) is 23.7 Å². The maximum absolute atomic E-state index is 11.1. The average molecular weight is 448 g/mol. The molecule has 0 bridgehead atoms. The number of nitro benzene ring substituents is 2. The molecule has 170 valence electrons.